The largest absolute Gasteiger partial charge is 0.447 e. The Labute approximate surface area is 159 Å². The highest BCUT2D eigenvalue weighted by molar-refractivity contribution is 9.10. The van der Waals surface area contributed by atoms with Crippen molar-refractivity contribution in [2.24, 2.45) is 0 Å². The van der Waals surface area contributed by atoms with Gasteiger partial charge in [-0.15, -0.1) is 0 Å². The molecule has 0 saturated heterocycles. The van der Waals surface area contributed by atoms with Gasteiger partial charge in [-0.05, 0) is 30.3 Å². The Morgan fingerprint density at radius 1 is 1.19 bits per heavy atom. The summed E-state index contributed by atoms with van der Waals surface area (Å²) in [6, 6.07) is 19.3. The van der Waals surface area contributed by atoms with E-state index in [2.05, 4.69) is 21.0 Å². The van der Waals surface area contributed by atoms with Crippen molar-refractivity contribution in [3.63, 3.8) is 0 Å². The number of nitriles is 1. The molecule has 0 spiro atoms. The first-order valence-electron chi connectivity index (χ1n) is 7.80. The lowest BCUT2D eigenvalue weighted by Gasteiger charge is -2.00. The summed E-state index contributed by atoms with van der Waals surface area (Å²) < 4.78 is 7.48. The van der Waals surface area contributed by atoms with Gasteiger partial charge in [0.15, 0.2) is 6.61 Å². The number of halogens is 1. The third-order valence-corrected chi connectivity index (χ3v) is 4.09. The van der Waals surface area contributed by atoms with E-state index in [1.165, 1.54) is 6.08 Å². The molecule has 0 bridgehead atoms. The number of nitrogens with zero attached hydrogens (tertiary/aromatic N) is 3. The van der Waals surface area contributed by atoms with Crippen LogP contribution in [-0.4, -0.2) is 22.4 Å². The summed E-state index contributed by atoms with van der Waals surface area (Å²) in [7, 11) is 0. The maximum Gasteiger partial charge on any atom is 0.331 e. The molecule has 0 aliphatic carbocycles. The lowest BCUT2D eigenvalue weighted by molar-refractivity contribution is -0.136. The Morgan fingerprint density at radius 2 is 1.92 bits per heavy atom. The van der Waals surface area contributed by atoms with Crippen LogP contribution >= 0.6 is 15.9 Å². The van der Waals surface area contributed by atoms with Gasteiger partial charge in [-0.25, -0.2) is 9.48 Å². The van der Waals surface area contributed by atoms with Crippen LogP contribution in [0.5, 0.6) is 0 Å². The average molecular weight is 408 g/mol. The molecule has 1 heterocycles. The Bertz CT molecular complexity index is 971. The minimum absolute atomic E-state index is 0.272. The van der Waals surface area contributed by atoms with E-state index in [4.69, 9.17) is 10.00 Å². The minimum atomic E-state index is -0.569. The van der Waals surface area contributed by atoms with Crippen molar-refractivity contribution in [1.29, 1.82) is 5.26 Å². The summed E-state index contributed by atoms with van der Waals surface area (Å²) in [6.07, 6.45) is 4.79. The second-order valence-electron chi connectivity index (χ2n) is 5.32. The van der Waals surface area contributed by atoms with Crippen LogP contribution in [0.15, 0.2) is 71.3 Å². The topological polar surface area (TPSA) is 67.9 Å². The van der Waals surface area contributed by atoms with E-state index in [9.17, 15) is 4.79 Å². The molecule has 0 unspecified atom stereocenters. The van der Waals surface area contributed by atoms with E-state index in [0.29, 0.717) is 0 Å². The molecule has 0 N–H and O–H groups in total. The number of ether oxygens (including phenoxy) is 1. The molecule has 0 aliphatic rings. The Balaban J connectivity index is 1.99. The van der Waals surface area contributed by atoms with Gasteiger partial charge in [0.2, 0.25) is 0 Å². The SMILES string of the molecule is N#CCOC(=O)/C=C/c1cn(-c2ccccc2)nc1-c1ccc(Br)cc1. The Kier molecular flexibility index (Phi) is 5.62. The van der Waals surface area contributed by atoms with Gasteiger partial charge in [-0.1, -0.05) is 46.3 Å². The molecule has 0 saturated carbocycles. The van der Waals surface area contributed by atoms with Crippen LogP contribution in [0.1, 0.15) is 5.56 Å². The predicted octanol–water partition coefficient (Wildman–Crippen LogP) is 4.38. The first-order valence-corrected chi connectivity index (χ1v) is 8.59. The van der Waals surface area contributed by atoms with Crippen LogP contribution in [0.2, 0.25) is 0 Å². The van der Waals surface area contributed by atoms with E-state index >= 15 is 0 Å². The van der Waals surface area contributed by atoms with Crippen molar-refractivity contribution >= 4 is 28.0 Å². The molecule has 2 aromatic carbocycles. The standard InChI is InChI=1S/C20H14BrN3O2/c21-17-9-6-15(7-10-17)20-16(8-11-19(25)26-13-12-22)14-24(23-20)18-4-2-1-3-5-18/h1-11,14H,13H2/b11-8+. The molecule has 1 aromatic heterocycles. The second-order valence-corrected chi connectivity index (χ2v) is 6.23. The monoisotopic (exact) mass is 407 g/mol. The van der Waals surface area contributed by atoms with Gasteiger partial charge in [-0.2, -0.15) is 10.4 Å². The zero-order valence-corrected chi connectivity index (χ0v) is 15.3. The zero-order chi connectivity index (χ0) is 18.4. The van der Waals surface area contributed by atoms with Crippen LogP contribution in [0.3, 0.4) is 0 Å². The molecule has 0 radical (unpaired) electrons. The van der Waals surface area contributed by atoms with Crippen molar-refractivity contribution in [1.82, 2.24) is 9.78 Å². The summed E-state index contributed by atoms with van der Waals surface area (Å²) >= 11 is 3.43. The van der Waals surface area contributed by atoms with E-state index in [1.807, 2.05) is 60.8 Å². The van der Waals surface area contributed by atoms with E-state index in [0.717, 1.165) is 27.0 Å². The van der Waals surface area contributed by atoms with Crippen molar-refractivity contribution in [2.75, 3.05) is 6.61 Å². The van der Waals surface area contributed by atoms with E-state index < -0.39 is 5.97 Å². The molecule has 3 rings (SSSR count). The smallest absolute Gasteiger partial charge is 0.331 e. The first kappa shape index (κ1) is 17.6. The zero-order valence-electron chi connectivity index (χ0n) is 13.7. The molecule has 0 aliphatic heterocycles. The van der Waals surface area contributed by atoms with E-state index in [-0.39, 0.29) is 6.61 Å². The number of carbonyl (C=O) groups excluding carboxylic acids is 1. The molecule has 6 heteroatoms. The van der Waals surface area contributed by atoms with Crippen molar-refractivity contribution in [3.05, 3.63) is 76.9 Å². The lowest BCUT2D eigenvalue weighted by atomic mass is 10.1. The third kappa shape index (κ3) is 4.26. The van der Waals surface area contributed by atoms with Gasteiger partial charge in [0.05, 0.1) is 11.4 Å². The van der Waals surface area contributed by atoms with Crippen LogP contribution in [0.4, 0.5) is 0 Å². The van der Waals surface area contributed by atoms with Gasteiger partial charge in [0.1, 0.15) is 6.07 Å². The number of hydrogen-bond acceptors (Lipinski definition) is 4. The Hall–Kier alpha value is -3.17. The quantitative estimate of drug-likeness (QED) is 0.464. The van der Waals surface area contributed by atoms with Gasteiger partial charge < -0.3 is 4.74 Å². The van der Waals surface area contributed by atoms with Crippen molar-refractivity contribution < 1.29 is 9.53 Å². The molecule has 5 nitrogen and oxygen atoms in total. The number of esters is 1. The fourth-order valence-electron chi connectivity index (χ4n) is 2.36. The van der Waals surface area contributed by atoms with Crippen LogP contribution in [0.25, 0.3) is 23.0 Å². The third-order valence-electron chi connectivity index (χ3n) is 3.56. The van der Waals surface area contributed by atoms with Gasteiger partial charge in [0, 0.05) is 27.9 Å². The van der Waals surface area contributed by atoms with Crippen LogP contribution in [-0.2, 0) is 9.53 Å². The lowest BCUT2D eigenvalue weighted by Crippen LogP contribution is -1.99. The molecule has 26 heavy (non-hydrogen) atoms. The maximum absolute atomic E-state index is 11.7. The van der Waals surface area contributed by atoms with Gasteiger partial charge in [0.25, 0.3) is 0 Å². The maximum atomic E-state index is 11.7. The summed E-state index contributed by atoms with van der Waals surface area (Å²) in [4.78, 5) is 11.7. The summed E-state index contributed by atoms with van der Waals surface area (Å²) in [5, 5.41) is 13.1. The number of hydrogen-bond donors (Lipinski definition) is 0. The van der Waals surface area contributed by atoms with Crippen molar-refractivity contribution in [2.45, 2.75) is 0 Å². The molecular formula is C20H14BrN3O2. The molecule has 0 fully saturated rings. The number of para-hydroxylation sites is 1. The molecular weight excluding hydrogens is 394 g/mol. The first-order chi connectivity index (χ1) is 12.7. The molecule has 0 amide bonds. The van der Waals surface area contributed by atoms with Gasteiger partial charge in [-0.3, -0.25) is 0 Å². The minimum Gasteiger partial charge on any atom is -0.447 e. The normalized spacial score (nSPS) is 10.6. The number of carbonyl (C=O) groups is 1. The van der Waals surface area contributed by atoms with E-state index in [1.54, 1.807) is 16.8 Å². The Morgan fingerprint density at radius 3 is 2.62 bits per heavy atom. The highest BCUT2D eigenvalue weighted by atomic mass is 79.9. The average Bonchev–Trinajstić information content (AvgIpc) is 3.10. The molecule has 128 valence electrons. The van der Waals surface area contributed by atoms with Crippen LogP contribution < -0.4 is 0 Å². The highest BCUT2D eigenvalue weighted by Gasteiger charge is 2.11. The molecule has 3 aromatic rings. The summed E-state index contributed by atoms with van der Waals surface area (Å²) in [6.45, 7) is -0.272. The number of rotatable bonds is 5. The fraction of sp³-hybridized carbons (Fsp3) is 0.0500. The van der Waals surface area contributed by atoms with Crippen LogP contribution in [0, 0.1) is 11.3 Å². The van der Waals surface area contributed by atoms with Gasteiger partial charge >= 0.3 is 5.97 Å². The predicted molar refractivity (Wildman–Crippen MR) is 102 cm³/mol. The second kappa shape index (κ2) is 8.28. The number of aromatic nitrogens is 2. The fourth-order valence-corrected chi connectivity index (χ4v) is 2.63. The highest BCUT2D eigenvalue weighted by Crippen LogP contribution is 2.26. The summed E-state index contributed by atoms with van der Waals surface area (Å²) in [5.41, 5.74) is 3.35. The molecule has 0 atom stereocenters. The van der Waals surface area contributed by atoms with Crippen molar-refractivity contribution in [3.8, 4) is 23.0 Å². The number of benzene rings is 2. The summed E-state index contributed by atoms with van der Waals surface area (Å²) in [5.74, 6) is -0.569.